The summed E-state index contributed by atoms with van der Waals surface area (Å²) in [6.07, 6.45) is 4.96. The average Bonchev–Trinajstić information content (AvgIpc) is 3.11. The predicted molar refractivity (Wildman–Crippen MR) is 114 cm³/mol. The maximum Gasteiger partial charge on any atom is 0.0708 e. The van der Waals surface area contributed by atoms with Crippen LogP contribution in [0.2, 0.25) is 5.02 Å². The lowest BCUT2D eigenvalue weighted by Crippen LogP contribution is -2.01. The first-order valence-corrected chi connectivity index (χ1v) is 9.57. The van der Waals surface area contributed by atoms with E-state index in [0.717, 1.165) is 35.5 Å². The van der Waals surface area contributed by atoms with Gasteiger partial charge in [0.15, 0.2) is 0 Å². The maximum atomic E-state index is 9.19. The first-order valence-electron chi connectivity index (χ1n) is 9.19. The Hall–Kier alpha value is -1.87. The number of pyridine rings is 1. The molecular weight excluding hydrogens is 377 g/mol. The molecule has 4 heteroatoms. The van der Waals surface area contributed by atoms with Gasteiger partial charge >= 0.3 is 0 Å². The minimum Gasteiger partial charge on any atom is -0.396 e. The number of halogens is 2. The van der Waals surface area contributed by atoms with Crippen LogP contribution in [-0.4, -0.2) is 16.7 Å². The van der Waals surface area contributed by atoms with Crippen molar-refractivity contribution >= 4 is 24.0 Å². The molecule has 1 aliphatic carbocycles. The van der Waals surface area contributed by atoms with Crippen molar-refractivity contribution in [2.75, 3.05) is 6.61 Å². The van der Waals surface area contributed by atoms with Gasteiger partial charge in [-0.15, -0.1) is 12.4 Å². The molecule has 0 bridgehead atoms. The summed E-state index contributed by atoms with van der Waals surface area (Å²) in [5.74, 6) is 0. The number of nitrogens with zero attached hydrogens (tertiary/aromatic N) is 1. The fraction of sp³-hybridized carbons (Fsp3) is 0.261. The van der Waals surface area contributed by atoms with Crippen molar-refractivity contribution in [3.05, 3.63) is 87.6 Å². The van der Waals surface area contributed by atoms with Crippen LogP contribution in [0.15, 0.2) is 54.6 Å². The molecule has 1 heterocycles. The normalized spacial score (nSPS) is 12.5. The number of aromatic nitrogens is 1. The largest absolute Gasteiger partial charge is 0.396 e. The summed E-state index contributed by atoms with van der Waals surface area (Å²) in [5.41, 5.74) is 8.58. The van der Waals surface area contributed by atoms with E-state index in [4.69, 9.17) is 16.6 Å². The quantitative estimate of drug-likeness (QED) is 0.619. The number of hydrogen-bond donors (Lipinski definition) is 1. The number of aliphatic hydroxyl groups excluding tert-OH is 1. The second kappa shape index (κ2) is 8.88. The molecular formula is C23H23Cl2NO. The predicted octanol–water partition coefficient (Wildman–Crippen LogP) is 5.44. The smallest absolute Gasteiger partial charge is 0.0708 e. The topological polar surface area (TPSA) is 33.1 Å². The molecule has 0 atom stereocenters. The van der Waals surface area contributed by atoms with Gasteiger partial charge in [-0.1, -0.05) is 48.0 Å². The molecule has 2 aromatic carbocycles. The Labute approximate surface area is 171 Å². The minimum absolute atomic E-state index is 0. The molecule has 1 aromatic heterocycles. The van der Waals surface area contributed by atoms with Gasteiger partial charge in [0.05, 0.1) is 5.69 Å². The Morgan fingerprint density at radius 3 is 2.59 bits per heavy atom. The number of hydrogen-bond acceptors (Lipinski definition) is 2. The van der Waals surface area contributed by atoms with Crippen molar-refractivity contribution in [2.24, 2.45) is 0 Å². The van der Waals surface area contributed by atoms with Gasteiger partial charge in [0.25, 0.3) is 0 Å². The molecule has 2 nitrogen and oxygen atoms in total. The highest BCUT2D eigenvalue weighted by Gasteiger charge is 2.18. The SMILES string of the molecule is Cl.OCCc1cccc(Cc2cc(-c3cccc(Cl)c3)nc3c2CCC3)c1. The zero-order valence-electron chi connectivity index (χ0n) is 15.1. The fourth-order valence-corrected chi connectivity index (χ4v) is 4.01. The van der Waals surface area contributed by atoms with Crippen LogP contribution in [0, 0.1) is 0 Å². The maximum absolute atomic E-state index is 9.19. The van der Waals surface area contributed by atoms with Gasteiger partial charge in [0, 0.05) is 22.9 Å². The molecule has 0 radical (unpaired) electrons. The van der Waals surface area contributed by atoms with E-state index in [0.29, 0.717) is 6.42 Å². The Morgan fingerprint density at radius 1 is 0.963 bits per heavy atom. The van der Waals surface area contributed by atoms with Crippen LogP contribution in [0.4, 0.5) is 0 Å². The van der Waals surface area contributed by atoms with Crippen molar-refractivity contribution in [1.82, 2.24) is 4.98 Å². The lowest BCUT2D eigenvalue weighted by atomic mass is 9.96. The molecule has 0 saturated heterocycles. The zero-order chi connectivity index (χ0) is 17.9. The summed E-state index contributed by atoms with van der Waals surface area (Å²) in [4.78, 5) is 4.92. The minimum atomic E-state index is 0. The van der Waals surface area contributed by atoms with E-state index in [1.807, 2.05) is 18.2 Å². The molecule has 27 heavy (non-hydrogen) atoms. The monoisotopic (exact) mass is 399 g/mol. The molecule has 1 aliphatic rings. The van der Waals surface area contributed by atoms with E-state index in [2.05, 4.69) is 36.4 Å². The van der Waals surface area contributed by atoms with Crippen LogP contribution >= 0.6 is 24.0 Å². The number of aliphatic hydroxyl groups is 1. The van der Waals surface area contributed by atoms with Crippen LogP contribution in [0.3, 0.4) is 0 Å². The summed E-state index contributed by atoms with van der Waals surface area (Å²) >= 11 is 6.18. The Balaban J connectivity index is 0.00000210. The van der Waals surface area contributed by atoms with E-state index in [1.165, 1.54) is 34.4 Å². The van der Waals surface area contributed by atoms with Crippen molar-refractivity contribution in [3.63, 3.8) is 0 Å². The third-order valence-corrected chi connectivity index (χ3v) is 5.28. The van der Waals surface area contributed by atoms with Crippen LogP contribution in [0.25, 0.3) is 11.3 Å². The highest BCUT2D eigenvalue weighted by Crippen LogP contribution is 2.31. The van der Waals surface area contributed by atoms with Gasteiger partial charge in [0.1, 0.15) is 0 Å². The van der Waals surface area contributed by atoms with E-state index < -0.39 is 0 Å². The van der Waals surface area contributed by atoms with Crippen molar-refractivity contribution < 1.29 is 5.11 Å². The lowest BCUT2D eigenvalue weighted by Gasteiger charge is -2.13. The molecule has 1 N–H and O–H groups in total. The fourth-order valence-electron chi connectivity index (χ4n) is 3.82. The van der Waals surface area contributed by atoms with Crippen molar-refractivity contribution in [3.8, 4) is 11.3 Å². The highest BCUT2D eigenvalue weighted by atomic mass is 35.5. The van der Waals surface area contributed by atoms with Crippen LogP contribution in [0.5, 0.6) is 0 Å². The van der Waals surface area contributed by atoms with E-state index in [-0.39, 0.29) is 19.0 Å². The third-order valence-electron chi connectivity index (χ3n) is 5.05. The average molecular weight is 400 g/mol. The molecule has 0 saturated carbocycles. The first kappa shape index (κ1) is 19.9. The molecule has 0 spiro atoms. The molecule has 140 valence electrons. The van der Waals surface area contributed by atoms with Crippen LogP contribution in [-0.2, 0) is 25.7 Å². The standard InChI is InChI=1S/C23H22ClNO.ClH/c24-20-7-2-6-18(14-20)23-15-19(21-8-3-9-22(21)25-23)13-17-5-1-4-16(12-17)10-11-26;/h1-2,4-7,12,14-15,26H,3,8-11,13H2;1H. The highest BCUT2D eigenvalue weighted by molar-refractivity contribution is 6.30. The summed E-state index contributed by atoms with van der Waals surface area (Å²) in [7, 11) is 0. The summed E-state index contributed by atoms with van der Waals surface area (Å²) < 4.78 is 0. The van der Waals surface area contributed by atoms with E-state index in [9.17, 15) is 5.11 Å². The Bertz CT molecular complexity index is 939. The Kier molecular flexibility index (Phi) is 6.54. The second-order valence-electron chi connectivity index (χ2n) is 6.93. The van der Waals surface area contributed by atoms with Gasteiger partial charge < -0.3 is 5.11 Å². The zero-order valence-corrected chi connectivity index (χ0v) is 16.7. The van der Waals surface area contributed by atoms with Gasteiger partial charge in [-0.3, -0.25) is 4.98 Å². The van der Waals surface area contributed by atoms with Gasteiger partial charge in [-0.05, 0) is 72.6 Å². The first-order chi connectivity index (χ1) is 12.7. The summed E-state index contributed by atoms with van der Waals surface area (Å²) in [6.45, 7) is 0.188. The molecule has 0 amide bonds. The van der Waals surface area contributed by atoms with E-state index >= 15 is 0 Å². The number of aryl methyl sites for hydroxylation is 1. The molecule has 0 fully saturated rings. The molecule has 0 aliphatic heterocycles. The van der Waals surface area contributed by atoms with Crippen LogP contribution in [0.1, 0.15) is 34.4 Å². The van der Waals surface area contributed by atoms with E-state index in [1.54, 1.807) is 0 Å². The van der Waals surface area contributed by atoms with Gasteiger partial charge in [0.2, 0.25) is 0 Å². The van der Waals surface area contributed by atoms with Crippen LogP contribution < -0.4 is 0 Å². The molecule has 0 unspecified atom stereocenters. The second-order valence-corrected chi connectivity index (χ2v) is 7.36. The summed E-state index contributed by atoms with van der Waals surface area (Å²) in [5, 5.41) is 9.93. The Morgan fingerprint density at radius 2 is 1.78 bits per heavy atom. The van der Waals surface area contributed by atoms with Crippen molar-refractivity contribution in [1.29, 1.82) is 0 Å². The number of rotatable bonds is 5. The van der Waals surface area contributed by atoms with Crippen molar-refractivity contribution in [2.45, 2.75) is 32.1 Å². The number of fused-ring (bicyclic) bond motifs is 1. The summed E-state index contributed by atoms with van der Waals surface area (Å²) in [6, 6.07) is 18.7. The lowest BCUT2D eigenvalue weighted by molar-refractivity contribution is 0.299. The number of benzene rings is 2. The molecule has 4 rings (SSSR count). The van der Waals surface area contributed by atoms with Gasteiger partial charge in [-0.25, -0.2) is 0 Å². The third kappa shape index (κ3) is 4.52. The van der Waals surface area contributed by atoms with Gasteiger partial charge in [-0.2, -0.15) is 0 Å². The molecule has 3 aromatic rings.